The third-order valence-electron chi connectivity index (χ3n) is 9.28. The lowest BCUT2D eigenvalue weighted by atomic mass is 10.0. The van der Waals surface area contributed by atoms with Crippen LogP contribution in [-0.4, -0.2) is 90.7 Å². The lowest BCUT2D eigenvalue weighted by Gasteiger charge is -2.30. The Morgan fingerprint density at radius 1 is 1.10 bits per heavy atom. The molecule has 0 unspecified atom stereocenters. The highest BCUT2D eigenvalue weighted by Gasteiger charge is 2.61. The molecule has 3 aromatic rings. The minimum absolute atomic E-state index is 0.0564. The van der Waals surface area contributed by atoms with Gasteiger partial charge in [0, 0.05) is 36.0 Å². The van der Waals surface area contributed by atoms with Crippen LogP contribution in [0.25, 0.3) is 22.0 Å². The number of alkyl carbamates (subject to hydrolysis) is 1. The second kappa shape index (κ2) is 14.2. The molecule has 0 radical (unpaired) electrons. The van der Waals surface area contributed by atoms with Crippen LogP contribution in [0.4, 0.5) is 4.79 Å². The Morgan fingerprint density at radius 2 is 1.86 bits per heavy atom. The molecule has 6 rings (SSSR count). The van der Waals surface area contributed by atoms with Crippen LogP contribution in [0.5, 0.6) is 5.75 Å². The Bertz CT molecular complexity index is 1750. The van der Waals surface area contributed by atoms with E-state index in [1.807, 2.05) is 41.8 Å². The summed E-state index contributed by atoms with van der Waals surface area (Å²) in [6.45, 7) is 5.28. The third-order valence-corrected chi connectivity index (χ3v) is 10.1. The number of nitrogens with zero attached hydrogens (tertiary/aromatic N) is 5. The summed E-state index contributed by atoms with van der Waals surface area (Å²) in [5.41, 5.74) is -0.327. The topological polar surface area (TPSA) is 178 Å². The molecule has 3 aliphatic rings. The summed E-state index contributed by atoms with van der Waals surface area (Å²) in [5, 5.41) is 28.0. The molecular formula is C35H43N7O7S. The van der Waals surface area contributed by atoms with E-state index in [1.165, 1.54) is 21.0 Å². The number of fused-ring (bicyclic) bond motifs is 2. The van der Waals surface area contributed by atoms with Crippen LogP contribution in [0, 0.1) is 5.92 Å². The second-order valence-electron chi connectivity index (χ2n) is 14.0. The second-order valence-corrected chi connectivity index (χ2v) is 14.9. The number of carbonyl (C=O) groups is 4. The van der Waals surface area contributed by atoms with Gasteiger partial charge in [-0.2, -0.15) is 9.90 Å². The van der Waals surface area contributed by atoms with Crippen molar-refractivity contribution in [3.8, 4) is 27.7 Å². The molecule has 1 saturated heterocycles. The van der Waals surface area contributed by atoms with E-state index in [1.54, 1.807) is 34.1 Å². The molecule has 2 aromatic heterocycles. The van der Waals surface area contributed by atoms with Gasteiger partial charge in [-0.15, -0.1) is 16.4 Å². The van der Waals surface area contributed by atoms with Crippen LogP contribution < -0.4 is 15.4 Å². The van der Waals surface area contributed by atoms with Crippen LogP contribution in [0.2, 0.25) is 0 Å². The minimum Gasteiger partial charge on any atom is -0.497 e. The molecule has 50 heavy (non-hydrogen) atoms. The molecule has 14 nitrogen and oxygen atoms in total. The van der Waals surface area contributed by atoms with Gasteiger partial charge in [0.1, 0.15) is 45.4 Å². The van der Waals surface area contributed by atoms with E-state index in [0.29, 0.717) is 35.0 Å². The first-order chi connectivity index (χ1) is 23.9. The van der Waals surface area contributed by atoms with Crippen molar-refractivity contribution < 1.29 is 33.8 Å². The van der Waals surface area contributed by atoms with Crippen molar-refractivity contribution in [2.45, 2.75) is 95.0 Å². The number of carboxylic acids is 1. The fraction of sp³-hybridized carbons (Fsp3) is 0.514. The first-order valence-electron chi connectivity index (χ1n) is 16.9. The van der Waals surface area contributed by atoms with E-state index < -0.39 is 53.1 Å². The van der Waals surface area contributed by atoms with Gasteiger partial charge in [-0.1, -0.05) is 25.0 Å². The van der Waals surface area contributed by atoms with Crippen molar-refractivity contribution in [2.24, 2.45) is 5.92 Å². The van der Waals surface area contributed by atoms with E-state index in [4.69, 9.17) is 19.7 Å². The maximum atomic E-state index is 14.4. The molecule has 3 amide bonds. The van der Waals surface area contributed by atoms with Crippen molar-refractivity contribution >= 4 is 35.2 Å². The van der Waals surface area contributed by atoms with Crippen molar-refractivity contribution in [1.82, 2.24) is 35.5 Å². The number of amides is 3. The number of hydrogen-bond acceptors (Lipinski definition) is 10. The number of methoxy groups -OCH3 is 1. The molecular weight excluding hydrogens is 662 g/mol. The van der Waals surface area contributed by atoms with Crippen molar-refractivity contribution in [3.05, 3.63) is 48.0 Å². The molecule has 266 valence electrons. The van der Waals surface area contributed by atoms with E-state index in [9.17, 15) is 24.3 Å². The van der Waals surface area contributed by atoms with Gasteiger partial charge >= 0.3 is 12.1 Å². The summed E-state index contributed by atoms with van der Waals surface area (Å²) in [7, 11) is 1.59. The summed E-state index contributed by atoms with van der Waals surface area (Å²) in [6.07, 6.45) is 8.55. The average Bonchev–Trinajstić information content (AvgIpc) is 3.52. The quantitative estimate of drug-likeness (QED) is 0.307. The predicted octanol–water partition coefficient (Wildman–Crippen LogP) is 4.59. The van der Waals surface area contributed by atoms with Crippen LogP contribution in [0.3, 0.4) is 0 Å². The highest BCUT2D eigenvalue weighted by Crippen LogP contribution is 2.46. The summed E-state index contributed by atoms with van der Waals surface area (Å²) >= 11 is 1.41. The number of nitrogens with one attached hydrogen (secondary N) is 2. The lowest BCUT2D eigenvalue weighted by Crippen LogP contribution is -2.56. The Labute approximate surface area is 294 Å². The Hall–Kier alpha value is -4.79. The number of benzene rings is 1. The highest BCUT2D eigenvalue weighted by atomic mass is 32.1. The van der Waals surface area contributed by atoms with Crippen molar-refractivity contribution in [3.63, 3.8) is 0 Å². The number of carboxylic acid groups (broad SMARTS) is 1. The number of aliphatic carboxylic acids is 1. The van der Waals surface area contributed by atoms with Crippen molar-refractivity contribution in [2.75, 3.05) is 13.7 Å². The maximum absolute atomic E-state index is 14.4. The summed E-state index contributed by atoms with van der Waals surface area (Å²) < 4.78 is 10.8. The van der Waals surface area contributed by atoms with Crippen LogP contribution in [-0.2, 0) is 19.1 Å². The van der Waals surface area contributed by atoms with Gasteiger partial charge in [-0.25, -0.2) is 14.6 Å². The lowest BCUT2D eigenvalue weighted by molar-refractivity contribution is -0.145. The molecule has 15 heteroatoms. The Balaban J connectivity index is 1.35. The van der Waals surface area contributed by atoms with E-state index in [-0.39, 0.29) is 25.3 Å². The molecule has 1 aliphatic carbocycles. The summed E-state index contributed by atoms with van der Waals surface area (Å²) in [6, 6.07) is 4.85. The van der Waals surface area contributed by atoms with Gasteiger partial charge in [0.2, 0.25) is 11.8 Å². The number of ether oxygens (including phenoxy) is 2. The normalized spacial score (nSPS) is 26.4. The largest absolute Gasteiger partial charge is 0.497 e. The van der Waals surface area contributed by atoms with Crippen LogP contribution >= 0.6 is 11.3 Å². The highest BCUT2D eigenvalue weighted by molar-refractivity contribution is 7.13. The van der Waals surface area contributed by atoms with Gasteiger partial charge in [-0.05, 0) is 70.7 Å². The molecule has 1 aromatic carbocycles. The summed E-state index contributed by atoms with van der Waals surface area (Å²) in [5.74, 6) is -1.81. The van der Waals surface area contributed by atoms with Gasteiger partial charge in [0.05, 0.1) is 13.2 Å². The van der Waals surface area contributed by atoms with Gasteiger partial charge < -0.3 is 30.1 Å². The first kappa shape index (κ1) is 35.1. The molecule has 0 spiro atoms. The zero-order valence-electron chi connectivity index (χ0n) is 28.6. The van der Waals surface area contributed by atoms with Gasteiger partial charge in [0.15, 0.2) is 0 Å². The van der Waals surface area contributed by atoms with Gasteiger partial charge in [0.25, 0.3) is 0 Å². The molecule has 1 saturated carbocycles. The number of rotatable bonds is 6. The summed E-state index contributed by atoms with van der Waals surface area (Å²) in [4.78, 5) is 61.3. The van der Waals surface area contributed by atoms with E-state index >= 15 is 0 Å². The minimum atomic E-state index is -1.45. The molecule has 2 aliphatic heterocycles. The molecule has 0 bridgehead atoms. The molecule has 2 fully saturated rings. The average molecular weight is 706 g/mol. The number of hydrogen-bond donors (Lipinski definition) is 3. The molecule has 4 heterocycles. The molecule has 3 N–H and O–H groups in total. The van der Waals surface area contributed by atoms with Crippen LogP contribution in [0.15, 0.2) is 48.0 Å². The zero-order valence-corrected chi connectivity index (χ0v) is 29.4. The fourth-order valence-corrected chi connectivity index (χ4v) is 7.23. The Kier molecular flexibility index (Phi) is 9.96. The maximum Gasteiger partial charge on any atom is 0.408 e. The smallest absolute Gasteiger partial charge is 0.408 e. The zero-order chi connectivity index (χ0) is 35.6. The standard InChI is InChI=1S/C35H43N7O7S/c1-34(2,3)49-33(47)37-25-11-9-7-5-6-8-10-22-19-35(22,32(45)46)38-29(43)26-18-23(20-41(26)31(25)44)42-39-27(21-12-14-24(48-4)15-13-21)28(40-42)30-36-16-17-50-30/h8,10,12-17,22-23,25-26H,5-7,9,11,18-20H2,1-4H3,(H,37,47)(H,38,43)(H,45,46)/b10-8-/t22-,23-,25+,26-,35-/m0/s1. The SMILES string of the molecule is COc1ccc(-c2nn([C@H]3C[C@H]4C(=O)N[C@@]5(C(=O)O)C[C@@H]5/C=C\CCCCC[C@@H](NC(=O)OC(C)(C)C)C(=O)N4C3)nc2-c2nccs2)cc1. The fourth-order valence-electron chi connectivity index (χ4n) is 6.61. The number of carbonyl (C=O) groups excluding carboxylic acids is 3. The first-order valence-corrected chi connectivity index (χ1v) is 17.8. The van der Waals surface area contributed by atoms with Crippen LogP contribution in [0.1, 0.15) is 71.8 Å². The number of allylic oxidation sites excluding steroid dienone is 1. The van der Waals surface area contributed by atoms with Gasteiger partial charge in [-0.3, -0.25) is 9.59 Å². The number of aromatic nitrogens is 4. The number of thiazole rings is 1. The predicted molar refractivity (Wildman–Crippen MR) is 184 cm³/mol. The van der Waals surface area contributed by atoms with E-state index in [2.05, 4.69) is 15.6 Å². The monoisotopic (exact) mass is 705 g/mol. The van der Waals surface area contributed by atoms with E-state index in [0.717, 1.165) is 24.8 Å². The van der Waals surface area contributed by atoms with Crippen molar-refractivity contribution in [1.29, 1.82) is 0 Å². The Morgan fingerprint density at radius 3 is 2.54 bits per heavy atom. The molecule has 5 atom stereocenters. The third kappa shape index (κ3) is 7.52.